The molecule has 34 heavy (non-hydrogen) atoms. The van der Waals surface area contributed by atoms with E-state index in [-0.39, 0.29) is 11.1 Å². The molecule has 0 radical (unpaired) electrons. The lowest BCUT2D eigenvalue weighted by molar-refractivity contribution is 0.171. The molecule has 5 aromatic rings. The Kier molecular flexibility index (Phi) is 4.95. The predicted molar refractivity (Wildman–Crippen MR) is 129 cm³/mol. The number of nitrogens with zero attached hydrogens (tertiary/aromatic N) is 5. The van der Waals surface area contributed by atoms with Crippen molar-refractivity contribution in [3.8, 4) is 22.6 Å². The van der Waals surface area contributed by atoms with Crippen molar-refractivity contribution in [1.82, 2.24) is 24.4 Å². The summed E-state index contributed by atoms with van der Waals surface area (Å²) < 4.78 is 14.6. The summed E-state index contributed by atoms with van der Waals surface area (Å²) in [5.74, 6) is 1.41. The first kappa shape index (κ1) is 20.7. The third-order valence-electron chi connectivity index (χ3n) is 5.95. The van der Waals surface area contributed by atoms with Crippen LogP contribution in [0.4, 0.5) is 0 Å². The van der Waals surface area contributed by atoms with E-state index < -0.39 is 0 Å². The second-order valence-electron chi connectivity index (χ2n) is 8.08. The minimum absolute atomic E-state index is 0.233. The maximum Gasteiger partial charge on any atom is 0.280 e. The summed E-state index contributed by atoms with van der Waals surface area (Å²) in [4.78, 5) is 13.3. The molecular weight excluding hydrogens is 454 g/mol. The molecule has 0 saturated heterocycles. The van der Waals surface area contributed by atoms with Crippen molar-refractivity contribution in [3.63, 3.8) is 0 Å². The van der Waals surface area contributed by atoms with Gasteiger partial charge in [0.05, 0.1) is 17.8 Å². The lowest BCUT2D eigenvalue weighted by atomic mass is 10.0. The molecule has 0 bridgehead atoms. The molecule has 9 heteroatoms. The average Bonchev–Trinajstić information content (AvgIpc) is 3.25. The fourth-order valence-corrected chi connectivity index (χ4v) is 4.42. The van der Waals surface area contributed by atoms with Gasteiger partial charge in [0.2, 0.25) is 0 Å². The van der Waals surface area contributed by atoms with Crippen LogP contribution in [0, 0.1) is 0 Å². The summed E-state index contributed by atoms with van der Waals surface area (Å²) >= 11 is 6.07. The summed E-state index contributed by atoms with van der Waals surface area (Å²) in [6, 6.07) is 15.1. The molecule has 1 aliphatic rings. The van der Waals surface area contributed by atoms with Gasteiger partial charge in [-0.1, -0.05) is 36.7 Å². The highest BCUT2D eigenvalue weighted by atomic mass is 35.5. The highest BCUT2D eigenvalue weighted by Gasteiger charge is 2.19. The zero-order valence-corrected chi connectivity index (χ0v) is 19.1. The van der Waals surface area contributed by atoms with Crippen molar-refractivity contribution < 1.29 is 9.47 Å². The van der Waals surface area contributed by atoms with E-state index in [1.807, 2.05) is 55.5 Å². The second-order valence-corrected chi connectivity index (χ2v) is 8.51. The van der Waals surface area contributed by atoms with Gasteiger partial charge in [0.1, 0.15) is 18.7 Å². The van der Waals surface area contributed by atoms with E-state index >= 15 is 0 Å². The molecule has 0 amide bonds. The van der Waals surface area contributed by atoms with Crippen LogP contribution < -0.4 is 15.0 Å². The molecule has 6 rings (SSSR count). The zero-order valence-electron chi connectivity index (χ0n) is 18.4. The largest absolute Gasteiger partial charge is 0.486 e. The lowest BCUT2D eigenvalue weighted by Crippen LogP contribution is -2.22. The fourth-order valence-electron chi connectivity index (χ4n) is 4.30. The van der Waals surface area contributed by atoms with Gasteiger partial charge in [0.25, 0.3) is 5.56 Å². The van der Waals surface area contributed by atoms with E-state index in [0.29, 0.717) is 48.1 Å². The summed E-state index contributed by atoms with van der Waals surface area (Å²) in [7, 11) is 0. The number of fused-ring (bicyclic) bond motifs is 4. The number of benzene rings is 2. The van der Waals surface area contributed by atoms with Crippen LogP contribution in [0.5, 0.6) is 11.5 Å². The fraction of sp³-hybridized carbons (Fsp3) is 0.200. The molecule has 0 unspecified atom stereocenters. The van der Waals surface area contributed by atoms with Gasteiger partial charge in [0.15, 0.2) is 22.7 Å². The van der Waals surface area contributed by atoms with Gasteiger partial charge in [-0.05, 0) is 47.9 Å². The molecule has 170 valence electrons. The first-order chi connectivity index (χ1) is 16.6. The number of hydrogen-bond donors (Lipinski definition) is 0. The molecule has 1 aliphatic heterocycles. The number of halogens is 1. The third kappa shape index (κ3) is 3.38. The molecule has 0 aliphatic carbocycles. The minimum Gasteiger partial charge on any atom is -0.486 e. The number of ether oxygens (including phenoxy) is 2. The summed E-state index contributed by atoms with van der Waals surface area (Å²) in [6.45, 7) is 3.47. The Bertz CT molecular complexity index is 1610. The number of rotatable bonds is 4. The average molecular weight is 474 g/mol. The van der Waals surface area contributed by atoms with Gasteiger partial charge in [0, 0.05) is 11.2 Å². The van der Waals surface area contributed by atoms with E-state index in [4.69, 9.17) is 26.2 Å². The molecule has 0 N–H and O–H groups in total. The monoisotopic (exact) mass is 473 g/mol. The van der Waals surface area contributed by atoms with Crippen molar-refractivity contribution in [3.05, 3.63) is 81.4 Å². The standard InChI is InChI=1S/C25H20ClN5O3/c1-2-18-22(16-4-6-17(26)7-5-16)24-28-27-23-19(31(24)29-18)9-10-30(25(23)32)14-15-3-8-20-21(13-15)34-12-11-33-20/h3-10,13H,2,11-12,14H2,1H3. The van der Waals surface area contributed by atoms with Gasteiger partial charge in [-0.15, -0.1) is 10.2 Å². The molecule has 0 atom stereocenters. The van der Waals surface area contributed by atoms with Crippen molar-refractivity contribution in [1.29, 1.82) is 0 Å². The molecule has 3 aromatic heterocycles. The van der Waals surface area contributed by atoms with Gasteiger partial charge < -0.3 is 14.0 Å². The highest BCUT2D eigenvalue weighted by molar-refractivity contribution is 6.30. The molecular formula is C25H20ClN5O3. The number of pyridine rings is 1. The highest BCUT2D eigenvalue weighted by Crippen LogP contribution is 2.31. The van der Waals surface area contributed by atoms with Crippen LogP contribution in [0.25, 0.3) is 27.8 Å². The molecule has 0 spiro atoms. The van der Waals surface area contributed by atoms with Crippen LogP contribution in [0.2, 0.25) is 5.02 Å². The Morgan fingerprint density at radius 2 is 1.79 bits per heavy atom. The van der Waals surface area contributed by atoms with E-state index in [1.54, 1.807) is 15.3 Å². The Morgan fingerprint density at radius 1 is 1.00 bits per heavy atom. The number of aromatic nitrogens is 5. The molecule has 4 heterocycles. The van der Waals surface area contributed by atoms with E-state index in [2.05, 4.69) is 10.2 Å². The van der Waals surface area contributed by atoms with Crippen LogP contribution in [0.15, 0.2) is 59.5 Å². The van der Waals surface area contributed by atoms with Crippen LogP contribution in [-0.4, -0.2) is 37.6 Å². The van der Waals surface area contributed by atoms with Crippen molar-refractivity contribution in [2.24, 2.45) is 0 Å². The first-order valence-electron chi connectivity index (χ1n) is 11.0. The lowest BCUT2D eigenvalue weighted by Gasteiger charge is -2.19. The molecule has 0 fully saturated rings. The minimum atomic E-state index is -0.233. The van der Waals surface area contributed by atoms with Gasteiger partial charge in [-0.3, -0.25) is 4.79 Å². The quantitative estimate of drug-likeness (QED) is 0.390. The summed E-state index contributed by atoms with van der Waals surface area (Å²) in [6.07, 6.45) is 2.47. The number of hydrogen-bond acceptors (Lipinski definition) is 6. The van der Waals surface area contributed by atoms with Crippen molar-refractivity contribution in [2.75, 3.05) is 13.2 Å². The van der Waals surface area contributed by atoms with Crippen LogP contribution in [0.3, 0.4) is 0 Å². The normalized spacial score (nSPS) is 13.0. The van der Waals surface area contributed by atoms with Crippen LogP contribution >= 0.6 is 11.6 Å². The maximum absolute atomic E-state index is 13.3. The summed E-state index contributed by atoms with van der Waals surface area (Å²) in [5, 5.41) is 14.2. The molecule has 2 aromatic carbocycles. The van der Waals surface area contributed by atoms with Crippen LogP contribution in [0.1, 0.15) is 18.2 Å². The summed E-state index contributed by atoms with van der Waals surface area (Å²) in [5.41, 5.74) is 4.91. The third-order valence-corrected chi connectivity index (χ3v) is 6.20. The van der Waals surface area contributed by atoms with Crippen molar-refractivity contribution in [2.45, 2.75) is 19.9 Å². The number of aryl methyl sites for hydroxylation is 1. The van der Waals surface area contributed by atoms with E-state index in [0.717, 1.165) is 28.1 Å². The van der Waals surface area contributed by atoms with E-state index in [1.165, 1.54) is 0 Å². The maximum atomic E-state index is 13.3. The van der Waals surface area contributed by atoms with Crippen molar-refractivity contribution >= 4 is 28.3 Å². The van der Waals surface area contributed by atoms with Gasteiger partial charge in [-0.25, -0.2) is 4.52 Å². The SMILES string of the molecule is CCc1nn2c(nnc3c(=O)n(Cc4ccc5c(c4)OCCO5)ccc32)c1-c1ccc(Cl)cc1. The Morgan fingerprint density at radius 3 is 2.59 bits per heavy atom. The van der Waals surface area contributed by atoms with Crippen LogP contribution in [-0.2, 0) is 13.0 Å². The van der Waals surface area contributed by atoms with Gasteiger partial charge >= 0.3 is 0 Å². The first-order valence-corrected chi connectivity index (χ1v) is 11.4. The molecule has 8 nitrogen and oxygen atoms in total. The molecule has 0 saturated carbocycles. The van der Waals surface area contributed by atoms with E-state index in [9.17, 15) is 4.79 Å². The Hall–Kier alpha value is -3.91. The predicted octanol–water partition coefficient (Wildman–Crippen LogP) is 4.14. The second kappa shape index (κ2) is 8.14. The Balaban J connectivity index is 1.45. The topological polar surface area (TPSA) is 83.5 Å². The smallest absolute Gasteiger partial charge is 0.280 e. The zero-order chi connectivity index (χ0) is 23.2. The Labute approximate surface area is 199 Å². The van der Waals surface area contributed by atoms with Gasteiger partial charge in [-0.2, -0.15) is 5.10 Å².